The first kappa shape index (κ1) is 22.9. The Hall–Kier alpha value is -2.17. The van der Waals surface area contributed by atoms with E-state index in [0.29, 0.717) is 12.1 Å². The molecule has 0 radical (unpaired) electrons. The summed E-state index contributed by atoms with van der Waals surface area (Å²) in [5, 5.41) is 14.5. The van der Waals surface area contributed by atoms with Gasteiger partial charge in [0.15, 0.2) is 5.96 Å². The maximum Gasteiger partial charge on any atom is 0.253 e. The molecular weight excluding hydrogens is 457 g/mol. The van der Waals surface area contributed by atoms with Gasteiger partial charge in [0.2, 0.25) is 0 Å². The molecule has 2 aromatic rings. The lowest BCUT2D eigenvalue weighted by atomic mass is 10.1. The van der Waals surface area contributed by atoms with Crippen LogP contribution in [0.1, 0.15) is 28.7 Å². The van der Waals surface area contributed by atoms with Crippen molar-refractivity contribution in [3.63, 3.8) is 0 Å². The molecule has 0 aliphatic rings. The molecule has 0 saturated carbocycles. The Balaban J connectivity index is 0.00000364. The third-order valence-corrected chi connectivity index (χ3v) is 3.95. The molecule has 8 nitrogen and oxygen atoms in total. The predicted molar refractivity (Wildman–Crippen MR) is 117 cm³/mol. The van der Waals surface area contributed by atoms with Crippen LogP contribution in [0.5, 0.6) is 0 Å². The number of aromatic nitrogens is 3. The Morgan fingerprint density at radius 3 is 2.52 bits per heavy atom. The van der Waals surface area contributed by atoms with Crippen molar-refractivity contribution in [3.8, 4) is 0 Å². The van der Waals surface area contributed by atoms with E-state index in [2.05, 4.69) is 32.7 Å². The van der Waals surface area contributed by atoms with Gasteiger partial charge >= 0.3 is 0 Å². The first-order valence-corrected chi connectivity index (χ1v) is 8.67. The average Bonchev–Trinajstić information content (AvgIpc) is 3.11. The highest BCUT2D eigenvalue weighted by Crippen LogP contribution is 2.06. The average molecular weight is 485 g/mol. The van der Waals surface area contributed by atoms with Crippen molar-refractivity contribution in [2.24, 2.45) is 4.99 Å². The van der Waals surface area contributed by atoms with Crippen molar-refractivity contribution in [2.45, 2.75) is 26.4 Å². The summed E-state index contributed by atoms with van der Waals surface area (Å²) >= 11 is 0. The van der Waals surface area contributed by atoms with Crippen LogP contribution in [0.25, 0.3) is 0 Å². The van der Waals surface area contributed by atoms with E-state index in [9.17, 15) is 4.79 Å². The summed E-state index contributed by atoms with van der Waals surface area (Å²) in [6.07, 6.45) is 2.60. The van der Waals surface area contributed by atoms with E-state index in [1.165, 1.54) is 0 Å². The van der Waals surface area contributed by atoms with Crippen LogP contribution in [0.15, 0.2) is 35.6 Å². The van der Waals surface area contributed by atoms with Crippen LogP contribution in [-0.2, 0) is 19.5 Å². The molecule has 1 heterocycles. The highest BCUT2D eigenvalue weighted by atomic mass is 127. The molecule has 0 spiro atoms. The summed E-state index contributed by atoms with van der Waals surface area (Å²) in [6.45, 7) is 4.19. The SMILES string of the molecule is CCc1nncn1CCNC(=NC)NCc1ccc(C(=O)N(C)C)cc1.I. The first-order valence-electron chi connectivity index (χ1n) is 8.67. The fraction of sp³-hybridized carbons (Fsp3) is 0.444. The number of hydrogen-bond donors (Lipinski definition) is 2. The minimum Gasteiger partial charge on any atom is -0.355 e. The second-order valence-corrected chi connectivity index (χ2v) is 6.04. The van der Waals surface area contributed by atoms with Gasteiger partial charge in [0, 0.05) is 52.8 Å². The molecule has 9 heteroatoms. The molecule has 1 aromatic heterocycles. The topological polar surface area (TPSA) is 87.4 Å². The van der Waals surface area contributed by atoms with E-state index in [1.54, 1.807) is 32.4 Å². The lowest BCUT2D eigenvalue weighted by Gasteiger charge is -2.13. The Morgan fingerprint density at radius 2 is 1.93 bits per heavy atom. The van der Waals surface area contributed by atoms with E-state index in [1.807, 2.05) is 28.8 Å². The number of benzene rings is 1. The van der Waals surface area contributed by atoms with Gasteiger partial charge in [-0.3, -0.25) is 9.79 Å². The summed E-state index contributed by atoms with van der Waals surface area (Å²) in [7, 11) is 5.23. The second kappa shape index (κ2) is 11.5. The normalized spacial score (nSPS) is 10.9. The number of carbonyl (C=O) groups excluding carboxylic acids is 1. The number of hydrogen-bond acceptors (Lipinski definition) is 4. The molecule has 0 aliphatic heterocycles. The minimum atomic E-state index is 0. The summed E-state index contributed by atoms with van der Waals surface area (Å²) in [6, 6.07) is 7.57. The van der Waals surface area contributed by atoms with Crippen molar-refractivity contribution in [1.29, 1.82) is 0 Å². The van der Waals surface area contributed by atoms with Crippen molar-refractivity contribution in [1.82, 2.24) is 30.3 Å². The third-order valence-electron chi connectivity index (χ3n) is 3.95. The van der Waals surface area contributed by atoms with Crippen molar-refractivity contribution in [3.05, 3.63) is 47.5 Å². The maximum absolute atomic E-state index is 11.9. The molecule has 0 aliphatic carbocycles. The molecule has 0 bridgehead atoms. The van der Waals surface area contributed by atoms with E-state index in [4.69, 9.17) is 0 Å². The number of nitrogens with zero attached hydrogens (tertiary/aromatic N) is 5. The van der Waals surface area contributed by atoms with Crippen LogP contribution in [-0.4, -0.2) is 59.2 Å². The van der Waals surface area contributed by atoms with E-state index >= 15 is 0 Å². The number of carbonyl (C=O) groups is 1. The quantitative estimate of drug-likeness (QED) is 0.353. The fourth-order valence-electron chi connectivity index (χ4n) is 2.46. The third kappa shape index (κ3) is 6.81. The maximum atomic E-state index is 11.9. The van der Waals surface area contributed by atoms with Crippen LogP contribution < -0.4 is 10.6 Å². The number of amides is 1. The Bertz CT molecular complexity index is 740. The molecule has 0 saturated heterocycles. The van der Waals surface area contributed by atoms with Gasteiger partial charge in [0.25, 0.3) is 5.91 Å². The predicted octanol–water partition coefficient (Wildman–Crippen LogP) is 1.53. The highest BCUT2D eigenvalue weighted by molar-refractivity contribution is 14.0. The Labute approximate surface area is 177 Å². The van der Waals surface area contributed by atoms with Gasteiger partial charge in [0.1, 0.15) is 12.2 Å². The number of nitrogens with one attached hydrogen (secondary N) is 2. The van der Waals surface area contributed by atoms with Gasteiger partial charge < -0.3 is 20.1 Å². The van der Waals surface area contributed by atoms with Crippen molar-refractivity contribution in [2.75, 3.05) is 27.7 Å². The molecule has 1 aromatic carbocycles. The minimum absolute atomic E-state index is 0. The summed E-state index contributed by atoms with van der Waals surface area (Å²) in [4.78, 5) is 17.7. The van der Waals surface area contributed by atoms with E-state index < -0.39 is 0 Å². The zero-order valence-electron chi connectivity index (χ0n) is 16.3. The second-order valence-electron chi connectivity index (χ2n) is 6.04. The van der Waals surface area contributed by atoms with Gasteiger partial charge in [-0.25, -0.2) is 0 Å². The fourth-order valence-corrected chi connectivity index (χ4v) is 2.46. The highest BCUT2D eigenvalue weighted by Gasteiger charge is 2.07. The zero-order chi connectivity index (χ0) is 18.9. The monoisotopic (exact) mass is 485 g/mol. The standard InChI is InChI=1S/C18H27N7O.HI/c1-5-16-23-22-13-25(16)11-10-20-18(19-2)21-12-14-6-8-15(9-7-14)17(26)24(3)4;/h6-9,13H,5,10-12H2,1-4H3,(H2,19,20,21);1H. The number of aliphatic imine (C=N–C) groups is 1. The number of rotatable bonds is 7. The summed E-state index contributed by atoms with van der Waals surface area (Å²) < 4.78 is 2.03. The zero-order valence-corrected chi connectivity index (χ0v) is 18.6. The lowest BCUT2D eigenvalue weighted by molar-refractivity contribution is 0.0827. The molecule has 0 fully saturated rings. The van der Waals surface area contributed by atoms with Crippen LogP contribution in [0.2, 0.25) is 0 Å². The van der Waals surface area contributed by atoms with Gasteiger partial charge in [0.05, 0.1) is 0 Å². The number of halogens is 1. The smallest absolute Gasteiger partial charge is 0.253 e. The van der Waals surface area contributed by atoms with Crippen LogP contribution >= 0.6 is 24.0 Å². The van der Waals surface area contributed by atoms with Gasteiger partial charge in [-0.1, -0.05) is 19.1 Å². The van der Waals surface area contributed by atoms with Gasteiger partial charge in [-0.2, -0.15) is 0 Å². The molecule has 2 rings (SSSR count). The Morgan fingerprint density at radius 1 is 1.22 bits per heavy atom. The number of guanidine groups is 1. The Kier molecular flexibility index (Phi) is 9.76. The molecule has 27 heavy (non-hydrogen) atoms. The molecule has 0 atom stereocenters. The van der Waals surface area contributed by atoms with Gasteiger partial charge in [-0.05, 0) is 17.7 Å². The van der Waals surface area contributed by atoms with E-state index in [0.717, 1.165) is 36.9 Å². The van der Waals surface area contributed by atoms with Crippen LogP contribution in [0, 0.1) is 0 Å². The summed E-state index contributed by atoms with van der Waals surface area (Å²) in [5.74, 6) is 1.70. The van der Waals surface area contributed by atoms with Crippen LogP contribution in [0.3, 0.4) is 0 Å². The largest absolute Gasteiger partial charge is 0.355 e. The molecule has 2 N–H and O–H groups in total. The lowest BCUT2D eigenvalue weighted by Crippen LogP contribution is -2.38. The first-order chi connectivity index (χ1) is 12.5. The van der Waals surface area contributed by atoms with Crippen LogP contribution in [0.4, 0.5) is 0 Å². The van der Waals surface area contributed by atoms with Crippen molar-refractivity contribution >= 4 is 35.8 Å². The molecule has 0 unspecified atom stereocenters. The molecule has 148 valence electrons. The molecular formula is C18H28IN7O. The number of aryl methyl sites for hydroxylation is 1. The molecule has 1 amide bonds. The summed E-state index contributed by atoms with van der Waals surface area (Å²) in [5.41, 5.74) is 1.76. The van der Waals surface area contributed by atoms with E-state index in [-0.39, 0.29) is 29.9 Å². The van der Waals surface area contributed by atoms with Crippen molar-refractivity contribution < 1.29 is 4.79 Å². The van der Waals surface area contributed by atoms with Gasteiger partial charge in [-0.15, -0.1) is 34.2 Å².